The third-order valence-electron chi connectivity index (χ3n) is 4.28. The van der Waals surface area contributed by atoms with E-state index in [1.165, 1.54) is 0 Å². The fourth-order valence-corrected chi connectivity index (χ4v) is 3.25. The van der Waals surface area contributed by atoms with E-state index in [1.807, 2.05) is 91.0 Å². The lowest BCUT2D eigenvalue weighted by Crippen LogP contribution is -2.43. The van der Waals surface area contributed by atoms with E-state index < -0.39 is 11.4 Å². The van der Waals surface area contributed by atoms with Gasteiger partial charge >= 0.3 is 5.97 Å². The summed E-state index contributed by atoms with van der Waals surface area (Å²) < 4.78 is 0. The fraction of sp³-hybridized carbons (Fsp3) is 0.0476. The zero-order chi connectivity index (χ0) is 17.7. The molecule has 0 heterocycles. The first-order chi connectivity index (χ1) is 12.2. The summed E-state index contributed by atoms with van der Waals surface area (Å²) >= 11 is 0. The minimum atomic E-state index is -1.28. The van der Waals surface area contributed by atoms with Crippen LogP contribution in [0.2, 0.25) is 0 Å². The Balaban J connectivity index is 2.47. The summed E-state index contributed by atoms with van der Waals surface area (Å²) in [5.74, 6) is -1.28. The Morgan fingerprint density at radius 2 is 1.00 bits per heavy atom. The normalized spacial score (nSPS) is 11.9. The number of benzene rings is 3. The Bertz CT molecular complexity index is 778. The van der Waals surface area contributed by atoms with E-state index >= 15 is 0 Å². The monoisotopic (exact) mass is 331 g/mol. The van der Waals surface area contributed by atoms with Crippen LogP contribution in [0.1, 0.15) is 16.7 Å². The van der Waals surface area contributed by atoms with E-state index in [-0.39, 0.29) is 5.71 Å². The van der Waals surface area contributed by atoms with E-state index in [2.05, 4.69) is 5.16 Å². The van der Waals surface area contributed by atoms with Gasteiger partial charge in [0.2, 0.25) is 0 Å². The maximum atomic E-state index is 12.0. The summed E-state index contributed by atoms with van der Waals surface area (Å²) in [6.07, 6.45) is 0. The summed E-state index contributed by atoms with van der Waals surface area (Å²) in [4.78, 5) is 12.0. The highest BCUT2D eigenvalue weighted by Gasteiger charge is 2.45. The molecule has 3 rings (SSSR count). The number of nitrogens with zero attached hydrogens (tertiary/aromatic N) is 1. The molecule has 0 spiro atoms. The molecule has 124 valence electrons. The second-order valence-electron chi connectivity index (χ2n) is 5.60. The van der Waals surface area contributed by atoms with Crippen molar-refractivity contribution >= 4 is 11.7 Å². The SMILES string of the molecule is O=C(O)C(=NO)C(c1ccccc1)(c1ccccc1)c1ccccc1. The second-order valence-corrected chi connectivity index (χ2v) is 5.60. The lowest BCUT2D eigenvalue weighted by atomic mass is 9.66. The van der Waals surface area contributed by atoms with E-state index in [0.29, 0.717) is 16.7 Å². The molecule has 4 heteroatoms. The molecule has 0 aliphatic rings. The predicted molar refractivity (Wildman–Crippen MR) is 96.1 cm³/mol. The molecule has 0 amide bonds. The minimum absolute atomic E-state index is 0.351. The Morgan fingerprint density at radius 1 is 0.680 bits per heavy atom. The van der Waals surface area contributed by atoms with E-state index in [4.69, 9.17) is 0 Å². The van der Waals surface area contributed by atoms with Crippen molar-refractivity contribution in [2.24, 2.45) is 5.16 Å². The van der Waals surface area contributed by atoms with Gasteiger partial charge in [0.25, 0.3) is 0 Å². The number of hydrogen-bond acceptors (Lipinski definition) is 3. The summed E-state index contributed by atoms with van der Waals surface area (Å²) in [5.41, 5.74) is 0.550. The van der Waals surface area contributed by atoms with E-state index in [9.17, 15) is 15.1 Å². The average molecular weight is 331 g/mol. The van der Waals surface area contributed by atoms with Crippen molar-refractivity contribution in [2.75, 3.05) is 0 Å². The number of oxime groups is 1. The van der Waals surface area contributed by atoms with Crippen LogP contribution in [-0.4, -0.2) is 22.0 Å². The molecule has 3 aromatic carbocycles. The van der Waals surface area contributed by atoms with Crippen LogP contribution in [0.25, 0.3) is 0 Å². The van der Waals surface area contributed by atoms with Crippen molar-refractivity contribution in [2.45, 2.75) is 5.41 Å². The van der Waals surface area contributed by atoms with Gasteiger partial charge in [-0.1, -0.05) is 96.2 Å². The molecule has 0 saturated carbocycles. The van der Waals surface area contributed by atoms with Crippen molar-refractivity contribution in [3.8, 4) is 0 Å². The largest absolute Gasteiger partial charge is 0.477 e. The number of rotatable bonds is 5. The molecule has 0 radical (unpaired) electrons. The van der Waals surface area contributed by atoms with Gasteiger partial charge in [-0.15, -0.1) is 0 Å². The Hall–Kier alpha value is -3.40. The summed E-state index contributed by atoms with van der Waals surface area (Å²) in [6.45, 7) is 0. The van der Waals surface area contributed by atoms with Crippen LogP contribution in [0, 0.1) is 0 Å². The van der Waals surface area contributed by atoms with Crippen LogP contribution < -0.4 is 0 Å². The van der Waals surface area contributed by atoms with Gasteiger partial charge in [0.15, 0.2) is 5.71 Å². The lowest BCUT2D eigenvalue weighted by molar-refractivity contribution is -0.129. The second kappa shape index (κ2) is 7.01. The molecule has 25 heavy (non-hydrogen) atoms. The molecule has 2 N–H and O–H groups in total. The highest BCUT2D eigenvalue weighted by molar-refractivity contribution is 6.41. The molecule has 0 aliphatic heterocycles. The zero-order valence-corrected chi connectivity index (χ0v) is 13.4. The van der Waals surface area contributed by atoms with Gasteiger partial charge in [-0.25, -0.2) is 4.79 Å². The molecule has 0 unspecified atom stereocenters. The van der Waals surface area contributed by atoms with Crippen molar-refractivity contribution in [3.05, 3.63) is 108 Å². The molecular formula is C21H17NO3. The number of carboxylic acids is 1. The average Bonchev–Trinajstić information content (AvgIpc) is 2.68. The molecule has 0 atom stereocenters. The van der Waals surface area contributed by atoms with Crippen LogP contribution in [0.5, 0.6) is 0 Å². The summed E-state index contributed by atoms with van der Waals surface area (Å²) in [6, 6.07) is 27.7. The first kappa shape index (κ1) is 16.5. The highest BCUT2D eigenvalue weighted by Crippen LogP contribution is 2.40. The van der Waals surface area contributed by atoms with Crippen molar-refractivity contribution in [1.82, 2.24) is 0 Å². The smallest absolute Gasteiger partial charge is 0.355 e. The van der Waals surface area contributed by atoms with Gasteiger partial charge in [-0.2, -0.15) is 0 Å². The van der Waals surface area contributed by atoms with Crippen molar-refractivity contribution in [3.63, 3.8) is 0 Å². The standard InChI is InChI=1S/C21H17NO3/c23-20(24)19(22-25)21(16-10-4-1-5-11-16,17-12-6-2-7-13-17)18-14-8-3-9-15-18/h1-15,25H,(H,23,24). The third-order valence-corrected chi connectivity index (χ3v) is 4.28. The van der Waals surface area contributed by atoms with Gasteiger partial charge < -0.3 is 10.3 Å². The lowest BCUT2D eigenvalue weighted by Gasteiger charge is -2.34. The van der Waals surface area contributed by atoms with E-state index in [0.717, 1.165) is 0 Å². The number of carbonyl (C=O) groups is 1. The molecule has 0 saturated heterocycles. The van der Waals surface area contributed by atoms with Gasteiger partial charge in [0, 0.05) is 0 Å². The van der Waals surface area contributed by atoms with Crippen LogP contribution in [0.15, 0.2) is 96.2 Å². The Kier molecular flexibility index (Phi) is 4.61. The zero-order valence-electron chi connectivity index (χ0n) is 13.4. The molecule has 0 fully saturated rings. The summed E-state index contributed by atoms with van der Waals surface area (Å²) in [5, 5.41) is 22.6. The van der Waals surface area contributed by atoms with Crippen LogP contribution in [0.3, 0.4) is 0 Å². The molecule has 0 aromatic heterocycles. The number of aliphatic carboxylic acids is 1. The molecule has 4 nitrogen and oxygen atoms in total. The van der Waals surface area contributed by atoms with Crippen molar-refractivity contribution in [1.29, 1.82) is 0 Å². The van der Waals surface area contributed by atoms with Gasteiger partial charge in [-0.3, -0.25) is 0 Å². The first-order valence-corrected chi connectivity index (χ1v) is 7.83. The third kappa shape index (κ3) is 2.78. The maximum absolute atomic E-state index is 12.0. The summed E-state index contributed by atoms with van der Waals surface area (Å²) in [7, 11) is 0. The molecular weight excluding hydrogens is 314 g/mol. The minimum Gasteiger partial charge on any atom is -0.477 e. The first-order valence-electron chi connectivity index (χ1n) is 7.83. The van der Waals surface area contributed by atoms with Crippen LogP contribution in [-0.2, 0) is 10.2 Å². The number of carboxylic acid groups (broad SMARTS) is 1. The molecule has 0 bridgehead atoms. The van der Waals surface area contributed by atoms with Crippen LogP contribution in [0.4, 0.5) is 0 Å². The molecule has 0 aliphatic carbocycles. The van der Waals surface area contributed by atoms with Crippen LogP contribution >= 0.6 is 0 Å². The maximum Gasteiger partial charge on any atom is 0.355 e. The van der Waals surface area contributed by atoms with E-state index in [1.54, 1.807) is 0 Å². The van der Waals surface area contributed by atoms with Crippen molar-refractivity contribution < 1.29 is 15.1 Å². The number of hydrogen-bond donors (Lipinski definition) is 2. The van der Waals surface area contributed by atoms with Gasteiger partial charge in [-0.05, 0) is 16.7 Å². The molecule has 3 aromatic rings. The fourth-order valence-electron chi connectivity index (χ4n) is 3.25. The quantitative estimate of drug-likeness (QED) is 0.322. The highest BCUT2D eigenvalue weighted by atomic mass is 16.4. The van der Waals surface area contributed by atoms with Gasteiger partial charge in [0.1, 0.15) is 0 Å². The Labute approximate surface area is 145 Å². The topological polar surface area (TPSA) is 69.9 Å². The van der Waals surface area contributed by atoms with Gasteiger partial charge in [0.05, 0.1) is 5.41 Å². The predicted octanol–water partition coefficient (Wildman–Crippen LogP) is 3.94. The Morgan fingerprint density at radius 3 is 1.24 bits per heavy atom.